The molecule has 0 saturated carbocycles. The van der Waals surface area contributed by atoms with Crippen molar-refractivity contribution < 1.29 is 9.53 Å². The van der Waals surface area contributed by atoms with Crippen LogP contribution in [-0.2, 0) is 16.0 Å². The van der Waals surface area contributed by atoms with E-state index in [9.17, 15) is 4.79 Å². The van der Waals surface area contributed by atoms with Crippen molar-refractivity contribution >= 4 is 11.6 Å². The first kappa shape index (κ1) is 18.4. The molecule has 138 valence electrons. The smallest absolute Gasteiger partial charge is 0.241 e. The Morgan fingerprint density at radius 2 is 1.84 bits per heavy atom. The first-order valence-electron chi connectivity index (χ1n) is 9.49. The first-order chi connectivity index (χ1) is 12.2. The van der Waals surface area contributed by atoms with Crippen molar-refractivity contribution in [3.63, 3.8) is 0 Å². The number of ether oxygens (including phenoxy) is 1. The fourth-order valence-corrected chi connectivity index (χ4v) is 3.98. The van der Waals surface area contributed by atoms with E-state index < -0.39 is 0 Å². The Balaban J connectivity index is 1.49. The summed E-state index contributed by atoms with van der Waals surface area (Å²) in [6.45, 7) is 9.53. The maximum atomic E-state index is 12.8. The van der Waals surface area contributed by atoms with Gasteiger partial charge in [0.2, 0.25) is 5.91 Å². The highest BCUT2D eigenvalue weighted by Gasteiger charge is 2.25. The number of hydrogen-bond acceptors (Lipinski definition) is 4. The quantitative estimate of drug-likeness (QED) is 0.789. The lowest BCUT2D eigenvalue weighted by Gasteiger charge is -2.37. The number of benzene rings is 1. The molecule has 1 aromatic carbocycles. The van der Waals surface area contributed by atoms with Crippen LogP contribution in [0.5, 0.6) is 0 Å². The van der Waals surface area contributed by atoms with Crippen LogP contribution in [-0.4, -0.2) is 75.2 Å². The highest BCUT2D eigenvalue weighted by atomic mass is 16.5. The SMILES string of the molecule is COCC(C)CN1CCN(CC(=O)N2CCCc3ccccc32)CC1. The Labute approximate surface area is 151 Å². The molecule has 0 aromatic heterocycles. The average molecular weight is 345 g/mol. The molecular weight excluding hydrogens is 314 g/mol. The number of carbonyl (C=O) groups is 1. The minimum atomic E-state index is 0.244. The van der Waals surface area contributed by atoms with Crippen LogP contribution in [0.3, 0.4) is 0 Å². The predicted molar refractivity (Wildman–Crippen MR) is 101 cm³/mol. The number of hydrogen-bond donors (Lipinski definition) is 0. The summed E-state index contributed by atoms with van der Waals surface area (Å²) in [5.74, 6) is 0.802. The second-order valence-electron chi connectivity index (χ2n) is 7.41. The van der Waals surface area contributed by atoms with Gasteiger partial charge in [-0.3, -0.25) is 9.69 Å². The van der Waals surface area contributed by atoms with Crippen molar-refractivity contribution in [3.05, 3.63) is 29.8 Å². The van der Waals surface area contributed by atoms with Gasteiger partial charge < -0.3 is 14.5 Å². The number of anilines is 1. The Kier molecular flexibility index (Phi) is 6.45. The molecule has 1 saturated heterocycles. The van der Waals surface area contributed by atoms with Crippen LogP contribution in [0, 0.1) is 5.92 Å². The van der Waals surface area contributed by atoms with Crippen molar-refractivity contribution in [1.82, 2.24) is 9.80 Å². The molecule has 0 bridgehead atoms. The minimum Gasteiger partial charge on any atom is -0.384 e. The Morgan fingerprint density at radius 3 is 2.60 bits per heavy atom. The van der Waals surface area contributed by atoms with E-state index in [0.29, 0.717) is 12.5 Å². The molecule has 2 heterocycles. The van der Waals surface area contributed by atoms with E-state index in [1.807, 2.05) is 11.0 Å². The topological polar surface area (TPSA) is 36.0 Å². The molecule has 5 nitrogen and oxygen atoms in total. The fraction of sp³-hybridized carbons (Fsp3) is 0.650. The summed E-state index contributed by atoms with van der Waals surface area (Å²) in [5, 5.41) is 0. The monoisotopic (exact) mass is 345 g/mol. The number of carbonyl (C=O) groups excluding carboxylic acids is 1. The summed E-state index contributed by atoms with van der Waals surface area (Å²) in [4.78, 5) is 19.6. The molecule has 2 aliphatic rings. The van der Waals surface area contributed by atoms with Crippen LogP contribution >= 0.6 is 0 Å². The van der Waals surface area contributed by atoms with Crippen LogP contribution in [0.15, 0.2) is 24.3 Å². The second kappa shape index (κ2) is 8.79. The fourth-order valence-electron chi connectivity index (χ4n) is 3.98. The van der Waals surface area contributed by atoms with Crippen molar-refractivity contribution in [2.45, 2.75) is 19.8 Å². The Bertz CT molecular complexity index is 570. The van der Waals surface area contributed by atoms with Crippen molar-refractivity contribution in [3.8, 4) is 0 Å². The van der Waals surface area contributed by atoms with Gasteiger partial charge in [-0.15, -0.1) is 0 Å². The lowest BCUT2D eigenvalue weighted by atomic mass is 10.0. The lowest BCUT2D eigenvalue weighted by Crippen LogP contribution is -2.51. The molecule has 0 spiro atoms. The number of amides is 1. The third-order valence-electron chi connectivity index (χ3n) is 5.26. The third-order valence-corrected chi connectivity index (χ3v) is 5.26. The summed E-state index contributed by atoms with van der Waals surface area (Å²) in [5.41, 5.74) is 2.42. The van der Waals surface area contributed by atoms with Gasteiger partial charge in [-0.05, 0) is 30.4 Å². The molecular formula is C20H31N3O2. The molecule has 0 aliphatic carbocycles. The van der Waals surface area contributed by atoms with Gasteiger partial charge in [0, 0.05) is 58.7 Å². The molecule has 25 heavy (non-hydrogen) atoms. The van der Waals surface area contributed by atoms with E-state index in [-0.39, 0.29) is 5.91 Å². The maximum absolute atomic E-state index is 12.8. The number of para-hydroxylation sites is 1. The van der Waals surface area contributed by atoms with E-state index >= 15 is 0 Å². The molecule has 1 aromatic rings. The van der Waals surface area contributed by atoms with Crippen molar-refractivity contribution in [2.24, 2.45) is 5.92 Å². The van der Waals surface area contributed by atoms with Crippen LogP contribution in [0.2, 0.25) is 0 Å². The van der Waals surface area contributed by atoms with E-state index in [0.717, 1.165) is 64.4 Å². The molecule has 0 radical (unpaired) electrons. The number of aryl methyl sites for hydroxylation is 1. The second-order valence-corrected chi connectivity index (χ2v) is 7.41. The van der Waals surface area contributed by atoms with Crippen LogP contribution in [0.4, 0.5) is 5.69 Å². The van der Waals surface area contributed by atoms with Gasteiger partial charge >= 0.3 is 0 Å². The number of nitrogens with zero attached hydrogens (tertiary/aromatic N) is 3. The highest BCUT2D eigenvalue weighted by molar-refractivity contribution is 5.95. The number of piperazine rings is 1. The molecule has 2 aliphatic heterocycles. The van der Waals surface area contributed by atoms with E-state index in [1.165, 1.54) is 5.56 Å². The Morgan fingerprint density at radius 1 is 1.12 bits per heavy atom. The van der Waals surface area contributed by atoms with Crippen LogP contribution < -0.4 is 4.90 Å². The molecule has 0 N–H and O–H groups in total. The van der Waals surface area contributed by atoms with Gasteiger partial charge in [-0.2, -0.15) is 0 Å². The number of methoxy groups -OCH3 is 1. The summed E-state index contributed by atoms with van der Waals surface area (Å²) in [6, 6.07) is 8.33. The zero-order valence-corrected chi connectivity index (χ0v) is 15.6. The van der Waals surface area contributed by atoms with E-state index in [4.69, 9.17) is 4.74 Å². The standard InChI is InChI=1S/C20H31N3O2/c1-17(16-25-2)14-21-10-12-22(13-11-21)15-20(24)23-9-5-7-18-6-3-4-8-19(18)23/h3-4,6,8,17H,5,7,9-16H2,1-2H3. The number of rotatable bonds is 6. The summed E-state index contributed by atoms with van der Waals surface area (Å²) in [6.07, 6.45) is 2.15. The van der Waals surface area contributed by atoms with E-state index in [1.54, 1.807) is 7.11 Å². The highest BCUT2D eigenvalue weighted by Crippen LogP contribution is 2.26. The lowest BCUT2D eigenvalue weighted by molar-refractivity contribution is -0.120. The van der Waals surface area contributed by atoms with Crippen molar-refractivity contribution in [2.75, 3.05) is 64.4 Å². The molecule has 1 atom stereocenters. The van der Waals surface area contributed by atoms with Gasteiger partial charge in [0.15, 0.2) is 0 Å². The minimum absolute atomic E-state index is 0.244. The van der Waals surface area contributed by atoms with Gasteiger partial charge in [-0.1, -0.05) is 25.1 Å². The number of fused-ring (bicyclic) bond motifs is 1. The molecule has 1 amide bonds. The summed E-state index contributed by atoms with van der Waals surface area (Å²) < 4.78 is 5.23. The van der Waals surface area contributed by atoms with Gasteiger partial charge in [0.05, 0.1) is 6.54 Å². The zero-order valence-electron chi connectivity index (χ0n) is 15.6. The van der Waals surface area contributed by atoms with Crippen LogP contribution in [0.25, 0.3) is 0 Å². The molecule has 1 unspecified atom stereocenters. The van der Waals surface area contributed by atoms with Gasteiger partial charge in [0.1, 0.15) is 0 Å². The molecule has 3 rings (SSSR count). The largest absolute Gasteiger partial charge is 0.384 e. The van der Waals surface area contributed by atoms with Crippen molar-refractivity contribution in [1.29, 1.82) is 0 Å². The average Bonchev–Trinajstić information content (AvgIpc) is 2.63. The molecule has 5 heteroatoms. The van der Waals surface area contributed by atoms with Gasteiger partial charge in [-0.25, -0.2) is 0 Å². The van der Waals surface area contributed by atoms with Crippen LogP contribution in [0.1, 0.15) is 18.9 Å². The zero-order chi connectivity index (χ0) is 17.6. The third kappa shape index (κ3) is 4.81. The van der Waals surface area contributed by atoms with E-state index in [2.05, 4.69) is 34.9 Å². The molecule has 1 fully saturated rings. The van der Waals surface area contributed by atoms with Gasteiger partial charge in [0.25, 0.3) is 0 Å². The summed E-state index contributed by atoms with van der Waals surface area (Å²) in [7, 11) is 1.76. The normalized spacial score (nSPS) is 20.3. The predicted octanol–water partition coefficient (Wildman–Crippen LogP) is 1.87. The first-order valence-corrected chi connectivity index (χ1v) is 9.49. The maximum Gasteiger partial charge on any atom is 0.241 e. The summed E-state index contributed by atoms with van der Waals surface area (Å²) >= 11 is 0. The Hall–Kier alpha value is -1.43.